The minimum atomic E-state index is -3.56. The third-order valence-electron chi connectivity index (χ3n) is 4.91. The average molecular weight is 403 g/mol. The molecule has 0 fully saturated rings. The number of carbonyl (C=O) groups excluding carboxylic acids is 1. The first kappa shape index (κ1) is 22.1. The van der Waals surface area contributed by atoms with Crippen LogP contribution in [0.3, 0.4) is 0 Å². The van der Waals surface area contributed by atoms with E-state index in [-0.39, 0.29) is 18.5 Å². The highest BCUT2D eigenvalue weighted by Gasteiger charge is 2.23. The number of sulfonamides is 1. The monoisotopic (exact) mass is 402 g/mol. The zero-order valence-corrected chi connectivity index (χ0v) is 17.9. The number of nitrogens with one attached hydrogen (secondary N) is 1. The van der Waals surface area contributed by atoms with E-state index in [2.05, 4.69) is 5.32 Å². The topological polar surface area (TPSA) is 66.5 Å². The number of aryl methyl sites for hydroxylation is 1. The number of hydrogen-bond acceptors (Lipinski definition) is 3. The van der Waals surface area contributed by atoms with E-state index in [9.17, 15) is 13.2 Å². The van der Waals surface area contributed by atoms with Gasteiger partial charge in [0.1, 0.15) is 0 Å². The van der Waals surface area contributed by atoms with Crippen molar-refractivity contribution in [2.24, 2.45) is 0 Å². The molecule has 0 aliphatic carbocycles. The summed E-state index contributed by atoms with van der Waals surface area (Å²) >= 11 is 0. The Hall–Kier alpha value is -2.18. The van der Waals surface area contributed by atoms with E-state index in [0.717, 1.165) is 24.0 Å². The molecule has 0 saturated heterocycles. The van der Waals surface area contributed by atoms with Gasteiger partial charge in [0.25, 0.3) is 5.91 Å². The summed E-state index contributed by atoms with van der Waals surface area (Å²) in [7, 11) is -3.56. The SMILES string of the molecule is CCC(CC)NC(=O)c1ccc(CN(CC)S(=O)(=O)c2ccc(C)cc2)cc1. The van der Waals surface area contributed by atoms with Crippen LogP contribution in [0.1, 0.15) is 55.1 Å². The van der Waals surface area contributed by atoms with Gasteiger partial charge >= 0.3 is 0 Å². The van der Waals surface area contributed by atoms with E-state index in [4.69, 9.17) is 0 Å². The number of hydrogen-bond donors (Lipinski definition) is 1. The molecular weight excluding hydrogens is 372 g/mol. The van der Waals surface area contributed by atoms with Gasteiger partial charge < -0.3 is 5.32 Å². The molecule has 1 N–H and O–H groups in total. The average Bonchev–Trinajstić information content (AvgIpc) is 2.70. The maximum absolute atomic E-state index is 12.9. The molecule has 0 heterocycles. The van der Waals surface area contributed by atoms with Crippen molar-refractivity contribution >= 4 is 15.9 Å². The molecule has 0 spiro atoms. The lowest BCUT2D eigenvalue weighted by Gasteiger charge is -2.21. The lowest BCUT2D eigenvalue weighted by Crippen LogP contribution is -2.33. The molecule has 2 aromatic carbocycles. The maximum atomic E-state index is 12.9. The van der Waals surface area contributed by atoms with Gasteiger partial charge in [-0.3, -0.25) is 4.79 Å². The Morgan fingerprint density at radius 1 is 0.964 bits per heavy atom. The standard InChI is InChI=1S/C22H30N2O3S/c1-5-20(6-2)23-22(25)19-12-10-18(11-13-19)16-24(7-3)28(26,27)21-14-8-17(4)9-15-21/h8-15,20H,5-7,16H2,1-4H3,(H,23,25). The molecule has 6 heteroatoms. The van der Waals surface area contributed by atoms with E-state index in [1.165, 1.54) is 4.31 Å². The molecule has 2 aromatic rings. The molecule has 1 amide bonds. The van der Waals surface area contributed by atoms with Crippen molar-refractivity contribution in [1.82, 2.24) is 9.62 Å². The van der Waals surface area contributed by atoms with Gasteiger partial charge in [0, 0.05) is 24.7 Å². The Kier molecular flexibility index (Phi) is 7.78. The van der Waals surface area contributed by atoms with Crippen molar-refractivity contribution in [3.63, 3.8) is 0 Å². The molecule has 0 aromatic heterocycles. The van der Waals surface area contributed by atoms with Crippen molar-refractivity contribution in [3.05, 3.63) is 65.2 Å². The van der Waals surface area contributed by atoms with Crippen LogP contribution in [0.5, 0.6) is 0 Å². The van der Waals surface area contributed by atoms with Crippen LogP contribution < -0.4 is 5.32 Å². The maximum Gasteiger partial charge on any atom is 0.251 e. The third-order valence-corrected chi connectivity index (χ3v) is 6.84. The summed E-state index contributed by atoms with van der Waals surface area (Å²) in [5.41, 5.74) is 2.45. The predicted molar refractivity (Wildman–Crippen MR) is 113 cm³/mol. The highest BCUT2D eigenvalue weighted by atomic mass is 32.2. The van der Waals surface area contributed by atoms with E-state index >= 15 is 0 Å². The highest BCUT2D eigenvalue weighted by molar-refractivity contribution is 7.89. The largest absolute Gasteiger partial charge is 0.349 e. The Bertz CT molecular complexity index is 871. The number of rotatable bonds is 9. The molecule has 0 bridgehead atoms. The number of amides is 1. The van der Waals surface area contributed by atoms with Gasteiger partial charge in [0.05, 0.1) is 4.90 Å². The second-order valence-corrected chi connectivity index (χ2v) is 8.87. The van der Waals surface area contributed by atoms with Crippen molar-refractivity contribution in [1.29, 1.82) is 0 Å². The van der Waals surface area contributed by atoms with Gasteiger partial charge in [-0.15, -0.1) is 0 Å². The second kappa shape index (κ2) is 9.85. The highest BCUT2D eigenvalue weighted by Crippen LogP contribution is 2.19. The second-order valence-electron chi connectivity index (χ2n) is 6.93. The van der Waals surface area contributed by atoms with Gasteiger partial charge in [-0.1, -0.05) is 50.6 Å². The lowest BCUT2D eigenvalue weighted by atomic mass is 10.1. The smallest absolute Gasteiger partial charge is 0.251 e. The van der Waals surface area contributed by atoms with E-state index in [1.807, 2.05) is 39.8 Å². The van der Waals surface area contributed by atoms with E-state index in [1.54, 1.807) is 36.4 Å². The first-order valence-corrected chi connectivity index (χ1v) is 11.2. The summed E-state index contributed by atoms with van der Waals surface area (Å²) in [5, 5.41) is 3.01. The molecule has 0 aliphatic rings. The van der Waals surface area contributed by atoms with Gasteiger partial charge in [0.15, 0.2) is 0 Å². The summed E-state index contributed by atoms with van der Waals surface area (Å²) in [6.07, 6.45) is 1.78. The van der Waals surface area contributed by atoms with Crippen LogP contribution in [0.15, 0.2) is 53.4 Å². The third kappa shape index (κ3) is 5.42. The molecule has 28 heavy (non-hydrogen) atoms. The number of benzene rings is 2. The number of nitrogens with zero attached hydrogens (tertiary/aromatic N) is 1. The minimum absolute atomic E-state index is 0.0973. The van der Waals surface area contributed by atoms with E-state index < -0.39 is 10.0 Å². The fourth-order valence-electron chi connectivity index (χ4n) is 2.95. The van der Waals surface area contributed by atoms with Crippen LogP contribution in [0.25, 0.3) is 0 Å². The summed E-state index contributed by atoms with van der Waals surface area (Å²) in [6.45, 7) is 8.48. The molecule has 0 atom stereocenters. The summed E-state index contributed by atoms with van der Waals surface area (Å²) in [5.74, 6) is -0.0973. The minimum Gasteiger partial charge on any atom is -0.349 e. The zero-order chi connectivity index (χ0) is 20.7. The Morgan fingerprint density at radius 2 is 1.54 bits per heavy atom. The van der Waals surface area contributed by atoms with Gasteiger partial charge in [-0.25, -0.2) is 8.42 Å². The van der Waals surface area contributed by atoms with Gasteiger partial charge in [-0.05, 0) is 49.6 Å². The molecule has 152 valence electrons. The molecule has 0 saturated carbocycles. The molecule has 2 rings (SSSR count). The van der Waals surface area contributed by atoms with Crippen LogP contribution in [0, 0.1) is 6.92 Å². The number of carbonyl (C=O) groups is 1. The Balaban J connectivity index is 2.13. The fourth-order valence-corrected chi connectivity index (χ4v) is 4.39. The first-order valence-electron chi connectivity index (χ1n) is 9.78. The van der Waals surface area contributed by atoms with Gasteiger partial charge in [0.2, 0.25) is 10.0 Å². The van der Waals surface area contributed by atoms with Crippen molar-refractivity contribution in [2.75, 3.05) is 6.54 Å². The normalized spacial score (nSPS) is 11.8. The van der Waals surface area contributed by atoms with Crippen LogP contribution >= 0.6 is 0 Å². The van der Waals surface area contributed by atoms with Crippen molar-refractivity contribution in [2.45, 2.75) is 58.0 Å². The van der Waals surface area contributed by atoms with Crippen molar-refractivity contribution < 1.29 is 13.2 Å². The quantitative estimate of drug-likeness (QED) is 0.686. The molecule has 0 aliphatic heterocycles. The molecular formula is C22H30N2O3S. The summed E-state index contributed by atoms with van der Waals surface area (Å²) in [4.78, 5) is 12.6. The zero-order valence-electron chi connectivity index (χ0n) is 17.1. The van der Waals surface area contributed by atoms with Gasteiger partial charge in [-0.2, -0.15) is 4.31 Å². The van der Waals surface area contributed by atoms with Crippen LogP contribution in [0.4, 0.5) is 0 Å². The van der Waals surface area contributed by atoms with E-state index in [0.29, 0.717) is 17.0 Å². The molecule has 0 unspecified atom stereocenters. The summed E-state index contributed by atoms with van der Waals surface area (Å²) < 4.78 is 27.2. The molecule has 0 radical (unpaired) electrons. The lowest BCUT2D eigenvalue weighted by molar-refractivity contribution is 0.0935. The van der Waals surface area contributed by atoms with Crippen molar-refractivity contribution in [3.8, 4) is 0 Å². The van der Waals surface area contributed by atoms with Crippen LogP contribution in [0.2, 0.25) is 0 Å². The fraction of sp³-hybridized carbons (Fsp3) is 0.409. The Morgan fingerprint density at radius 3 is 2.04 bits per heavy atom. The van der Waals surface area contributed by atoms with Crippen LogP contribution in [-0.4, -0.2) is 31.2 Å². The Labute approximate surface area is 168 Å². The summed E-state index contributed by atoms with van der Waals surface area (Å²) in [6, 6.07) is 14.2. The predicted octanol–water partition coefficient (Wildman–Crippen LogP) is 4.12. The molecule has 5 nitrogen and oxygen atoms in total. The van der Waals surface area contributed by atoms with Crippen LogP contribution in [-0.2, 0) is 16.6 Å². The first-order chi connectivity index (χ1) is 13.3.